The van der Waals surface area contributed by atoms with Crippen molar-refractivity contribution in [2.75, 3.05) is 13.7 Å². The van der Waals surface area contributed by atoms with Crippen LogP contribution in [0.15, 0.2) is 18.2 Å². The minimum absolute atomic E-state index is 0.168. The molecule has 1 N–H and O–H groups in total. The monoisotopic (exact) mass is 218 g/mol. The molecule has 0 heterocycles. The molecule has 3 nitrogen and oxygen atoms in total. The Kier molecular flexibility index (Phi) is 4.30. The van der Waals surface area contributed by atoms with Gasteiger partial charge in [0.2, 0.25) is 0 Å². The Hall–Kier alpha value is -1.36. The summed E-state index contributed by atoms with van der Waals surface area (Å²) in [6, 6.07) is 4.55. The van der Waals surface area contributed by atoms with Crippen LogP contribution in [0.5, 0.6) is 11.5 Å². The molecule has 0 amide bonds. The van der Waals surface area contributed by atoms with Crippen LogP contribution in [0.1, 0.15) is 5.56 Å². The molecule has 5 heteroatoms. The lowest BCUT2D eigenvalue weighted by Gasteiger charge is -2.09. The highest BCUT2D eigenvalue weighted by Crippen LogP contribution is 2.24. The topological polar surface area (TPSA) is 38.7 Å². The predicted octanol–water partition coefficient (Wildman–Crippen LogP) is 1.83. The van der Waals surface area contributed by atoms with Crippen LogP contribution in [-0.2, 0) is 6.61 Å². The summed E-state index contributed by atoms with van der Waals surface area (Å²) in [5.74, 6) is 0.716. The minimum atomic E-state index is -2.51. The Morgan fingerprint density at radius 3 is 2.67 bits per heavy atom. The average Bonchev–Trinajstić information content (AvgIpc) is 2.25. The Bertz CT molecular complexity index is 316. The van der Waals surface area contributed by atoms with Gasteiger partial charge >= 0.3 is 0 Å². The number of benzene rings is 1. The Morgan fingerprint density at radius 1 is 1.40 bits per heavy atom. The summed E-state index contributed by atoms with van der Waals surface area (Å²) in [5, 5.41) is 8.92. The van der Waals surface area contributed by atoms with Gasteiger partial charge in [0.25, 0.3) is 6.43 Å². The van der Waals surface area contributed by atoms with E-state index in [1.165, 1.54) is 19.2 Å². The van der Waals surface area contributed by atoms with Crippen LogP contribution >= 0.6 is 0 Å². The lowest BCUT2D eigenvalue weighted by atomic mass is 10.2. The Morgan fingerprint density at radius 2 is 2.13 bits per heavy atom. The summed E-state index contributed by atoms with van der Waals surface area (Å²) in [7, 11) is 1.44. The Balaban J connectivity index is 2.74. The minimum Gasteiger partial charge on any atom is -0.496 e. The molecule has 0 saturated heterocycles. The highest BCUT2D eigenvalue weighted by molar-refractivity contribution is 5.40. The number of halogens is 2. The molecule has 0 aromatic heterocycles. The highest BCUT2D eigenvalue weighted by atomic mass is 19.3. The number of methoxy groups -OCH3 is 1. The molecule has 1 rings (SSSR count). The molecule has 0 aliphatic carbocycles. The molecule has 0 atom stereocenters. The average molecular weight is 218 g/mol. The van der Waals surface area contributed by atoms with Gasteiger partial charge in [0.05, 0.1) is 13.7 Å². The fourth-order valence-corrected chi connectivity index (χ4v) is 1.10. The number of hydrogen-bond donors (Lipinski definition) is 1. The number of alkyl halides is 2. The zero-order valence-electron chi connectivity index (χ0n) is 8.24. The molecule has 84 valence electrons. The molecule has 0 fully saturated rings. The third-order valence-corrected chi connectivity index (χ3v) is 1.80. The summed E-state index contributed by atoms with van der Waals surface area (Å²) in [6.45, 7) is -0.820. The third-order valence-electron chi connectivity index (χ3n) is 1.80. The van der Waals surface area contributed by atoms with Crippen LogP contribution in [-0.4, -0.2) is 25.2 Å². The van der Waals surface area contributed by atoms with Crippen molar-refractivity contribution in [2.45, 2.75) is 13.0 Å². The molecule has 15 heavy (non-hydrogen) atoms. The second-order valence-corrected chi connectivity index (χ2v) is 2.83. The maximum atomic E-state index is 11.9. The molecule has 0 unspecified atom stereocenters. The van der Waals surface area contributed by atoms with Gasteiger partial charge in [0.15, 0.2) is 0 Å². The molecule has 1 aromatic carbocycles. The lowest BCUT2D eigenvalue weighted by Crippen LogP contribution is -2.07. The number of aliphatic hydroxyl groups is 1. The van der Waals surface area contributed by atoms with E-state index in [4.69, 9.17) is 14.6 Å². The second kappa shape index (κ2) is 5.50. The van der Waals surface area contributed by atoms with Crippen molar-refractivity contribution in [1.82, 2.24) is 0 Å². The smallest absolute Gasteiger partial charge is 0.272 e. The zero-order chi connectivity index (χ0) is 11.3. The van der Waals surface area contributed by atoms with Crippen molar-refractivity contribution >= 4 is 0 Å². The van der Waals surface area contributed by atoms with Crippen molar-refractivity contribution < 1.29 is 23.4 Å². The molecule has 0 aliphatic rings. The van der Waals surface area contributed by atoms with Gasteiger partial charge in [-0.25, -0.2) is 8.78 Å². The molecule has 0 radical (unpaired) electrons. The van der Waals surface area contributed by atoms with Crippen molar-refractivity contribution in [3.63, 3.8) is 0 Å². The molecule has 0 saturated carbocycles. The third kappa shape index (κ3) is 3.36. The first-order valence-electron chi connectivity index (χ1n) is 4.36. The first kappa shape index (κ1) is 11.7. The van der Waals surface area contributed by atoms with Crippen molar-refractivity contribution in [2.24, 2.45) is 0 Å². The van der Waals surface area contributed by atoms with E-state index in [1.807, 2.05) is 0 Å². The van der Waals surface area contributed by atoms with Crippen molar-refractivity contribution in [3.05, 3.63) is 23.8 Å². The van der Waals surface area contributed by atoms with Gasteiger partial charge in [-0.2, -0.15) is 0 Å². The highest BCUT2D eigenvalue weighted by Gasteiger charge is 2.07. The summed E-state index contributed by atoms with van der Waals surface area (Å²) < 4.78 is 33.5. The van der Waals surface area contributed by atoms with Crippen LogP contribution < -0.4 is 9.47 Å². The maximum absolute atomic E-state index is 11.9. The van der Waals surface area contributed by atoms with Gasteiger partial charge < -0.3 is 14.6 Å². The number of aliphatic hydroxyl groups excluding tert-OH is 1. The van der Waals surface area contributed by atoms with Crippen molar-refractivity contribution in [3.8, 4) is 11.5 Å². The SMILES string of the molecule is COc1cc(OCC(F)F)ccc1CO. The number of rotatable bonds is 5. The van der Waals surface area contributed by atoms with Gasteiger partial charge in [-0.05, 0) is 12.1 Å². The van der Waals surface area contributed by atoms with E-state index in [0.717, 1.165) is 0 Å². The van der Waals surface area contributed by atoms with Gasteiger partial charge in [0, 0.05) is 11.6 Å². The molecule has 0 bridgehead atoms. The fraction of sp³-hybridized carbons (Fsp3) is 0.400. The van der Waals surface area contributed by atoms with E-state index in [1.54, 1.807) is 6.07 Å². The molecule has 1 aromatic rings. The first-order chi connectivity index (χ1) is 7.17. The predicted molar refractivity (Wildman–Crippen MR) is 50.4 cm³/mol. The first-order valence-corrected chi connectivity index (χ1v) is 4.36. The van der Waals surface area contributed by atoms with Gasteiger partial charge in [-0.1, -0.05) is 0 Å². The standard InChI is InChI=1S/C10H12F2O3/c1-14-9-4-8(15-6-10(11)12)3-2-7(9)5-13/h2-4,10,13H,5-6H2,1H3. The molecule has 0 aliphatic heterocycles. The largest absolute Gasteiger partial charge is 0.496 e. The lowest BCUT2D eigenvalue weighted by molar-refractivity contribution is 0.0817. The van der Waals surface area contributed by atoms with Gasteiger partial charge in [-0.3, -0.25) is 0 Å². The summed E-state index contributed by atoms with van der Waals surface area (Å²) >= 11 is 0. The van der Waals surface area contributed by atoms with Gasteiger partial charge in [-0.15, -0.1) is 0 Å². The number of hydrogen-bond acceptors (Lipinski definition) is 3. The normalized spacial score (nSPS) is 10.5. The Labute approximate surface area is 86.2 Å². The van der Waals surface area contributed by atoms with E-state index >= 15 is 0 Å². The summed E-state index contributed by atoms with van der Waals surface area (Å²) in [5.41, 5.74) is 0.585. The summed E-state index contributed by atoms with van der Waals surface area (Å²) in [6.07, 6.45) is -2.51. The molecular formula is C10H12F2O3. The van der Waals surface area contributed by atoms with E-state index in [9.17, 15) is 8.78 Å². The molecular weight excluding hydrogens is 206 g/mol. The fourth-order valence-electron chi connectivity index (χ4n) is 1.10. The van der Waals surface area contributed by atoms with Crippen LogP contribution in [0.3, 0.4) is 0 Å². The van der Waals surface area contributed by atoms with Gasteiger partial charge in [0.1, 0.15) is 18.1 Å². The number of ether oxygens (including phenoxy) is 2. The second-order valence-electron chi connectivity index (χ2n) is 2.83. The van der Waals surface area contributed by atoms with Crippen LogP contribution in [0.2, 0.25) is 0 Å². The maximum Gasteiger partial charge on any atom is 0.272 e. The van der Waals surface area contributed by atoms with Crippen LogP contribution in [0.4, 0.5) is 8.78 Å². The van der Waals surface area contributed by atoms with Crippen LogP contribution in [0.25, 0.3) is 0 Å². The van der Waals surface area contributed by atoms with E-state index in [0.29, 0.717) is 17.1 Å². The van der Waals surface area contributed by atoms with E-state index in [-0.39, 0.29) is 6.61 Å². The van der Waals surface area contributed by atoms with E-state index in [2.05, 4.69) is 0 Å². The zero-order valence-corrected chi connectivity index (χ0v) is 8.24. The van der Waals surface area contributed by atoms with E-state index < -0.39 is 13.0 Å². The quantitative estimate of drug-likeness (QED) is 0.819. The van der Waals surface area contributed by atoms with Crippen molar-refractivity contribution in [1.29, 1.82) is 0 Å². The van der Waals surface area contributed by atoms with Crippen LogP contribution in [0, 0.1) is 0 Å². The summed E-state index contributed by atoms with van der Waals surface area (Å²) in [4.78, 5) is 0. The molecule has 0 spiro atoms.